The number of ether oxygens (including phenoxy) is 2. The van der Waals surface area contributed by atoms with Crippen molar-refractivity contribution in [2.45, 2.75) is 13.0 Å². The van der Waals surface area contributed by atoms with Crippen LogP contribution in [0.3, 0.4) is 0 Å². The summed E-state index contributed by atoms with van der Waals surface area (Å²) in [7, 11) is 0. The molecule has 35 heavy (non-hydrogen) atoms. The van der Waals surface area contributed by atoms with Crippen LogP contribution in [0.4, 0.5) is 4.39 Å². The van der Waals surface area contributed by atoms with E-state index in [0.717, 1.165) is 53.2 Å². The number of aromatic hydroxyl groups is 1. The second-order valence-corrected chi connectivity index (χ2v) is 9.11. The highest BCUT2D eigenvalue weighted by atomic mass is 19.1. The zero-order valence-corrected chi connectivity index (χ0v) is 19.6. The molecule has 0 saturated carbocycles. The van der Waals surface area contributed by atoms with Crippen molar-refractivity contribution < 1.29 is 19.0 Å². The second kappa shape index (κ2) is 9.81. The molecule has 1 atom stereocenters. The Balaban J connectivity index is 1.40. The van der Waals surface area contributed by atoms with Gasteiger partial charge in [-0.05, 0) is 66.1 Å². The lowest BCUT2D eigenvalue weighted by atomic mass is 9.85. The minimum Gasteiger partial charge on any atom is -0.508 e. The molecule has 0 unspecified atom stereocenters. The topological polar surface area (TPSA) is 65.7 Å². The number of halogens is 1. The minimum absolute atomic E-state index is 0.176. The first-order chi connectivity index (χ1) is 17.1. The highest BCUT2D eigenvalue weighted by Crippen LogP contribution is 2.47. The van der Waals surface area contributed by atoms with Crippen LogP contribution in [-0.2, 0) is 0 Å². The van der Waals surface area contributed by atoms with Gasteiger partial charge in [-0.3, -0.25) is 9.29 Å². The van der Waals surface area contributed by atoms with Gasteiger partial charge in [-0.1, -0.05) is 24.3 Å². The first kappa shape index (κ1) is 22.9. The quantitative estimate of drug-likeness (QED) is 0.486. The van der Waals surface area contributed by atoms with Crippen molar-refractivity contribution >= 4 is 11.1 Å². The molecular weight excluding hydrogens is 443 g/mol. The summed E-state index contributed by atoms with van der Waals surface area (Å²) in [6.07, 6.45) is -0.381. The third-order valence-electron chi connectivity index (χ3n) is 6.69. The van der Waals surface area contributed by atoms with E-state index in [9.17, 15) is 14.8 Å². The lowest BCUT2D eigenvalue weighted by Crippen LogP contribution is -2.49. The largest absolute Gasteiger partial charge is 0.508 e. The number of phenols is 1. The molecule has 6 heteroatoms. The summed E-state index contributed by atoms with van der Waals surface area (Å²) in [5, 5.41) is 19.5. The van der Waals surface area contributed by atoms with Crippen LogP contribution in [0, 0.1) is 17.2 Å². The number of hydrogen-bond donors (Lipinski definition) is 1. The maximum Gasteiger partial charge on any atom is 0.150 e. The van der Waals surface area contributed by atoms with Crippen LogP contribution in [0.25, 0.3) is 11.1 Å². The van der Waals surface area contributed by atoms with Gasteiger partial charge in [0.2, 0.25) is 0 Å². The molecule has 0 aromatic heterocycles. The minimum atomic E-state index is -0.381. The molecule has 3 aromatic rings. The van der Waals surface area contributed by atoms with Gasteiger partial charge in [0.25, 0.3) is 0 Å². The van der Waals surface area contributed by atoms with Gasteiger partial charge < -0.3 is 14.6 Å². The Bertz CT molecular complexity index is 1290. The molecule has 1 N–H and O–H groups in total. The van der Waals surface area contributed by atoms with Crippen LogP contribution in [-0.4, -0.2) is 42.9 Å². The number of rotatable bonds is 7. The molecule has 2 aliphatic heterocycles. The molecule has 0 amide bonds. The molecule has 1 fully saturated rings. The third-order valence-corrected chi connectivity index (χ3v) is 6.69. The van der Waals surface area contributed by atoms with E-state index in [2.05, 4.69) is 11.0 Å². The molecule has 0 bridgehead atoms. The lowest BCUT2D eigenvalue weighted by molar-refractivity contribution is 0.0668. The fourth-order valence-electron chi connectivity index (χ4n) is 4.79. The van der Waals surface area contributed by atoms with E-state index in [1.54, 1.807) is 24.3 Å². The van der Waals surface area contributed by atoms with Crippen LogP contribution < -0.4 is 9.47 Å². The number of alkyl halides is 1. The van der Waals surface area contributed by atoms with Crippen LogP contribution >= 0.6 is 0 Å². The summed E-state index contributed by atoms with van der Waals surface area (Å²) in [5.41, 5.74) is 5.22. The molecule has 5 rings (SSSR count). The molecule has 3 aromatic carbocycles. The number of allylic oxidation sites excluding steroid dienone is 1. The molecule has 5 nitrogen and oxygen atoms in total. The molecular formula is C29H27FN2O3. The number of likely N-dealkylation sites (tertiary alicyclic amines) is 1. The number of nitrogens with zero attached hydrogens (tertiary/aromatic N) is 2. The highest BCUT2D eigenvalue weighted by molar-refractivity contribution is 5.95. The number of nitriles is 1. The van der Waals surface area contributed by atoms with Crippen LogP contribution in [0.5, 0.6) is 17.2 Å². The van der Waals surface area contributed by atoms with E-state index in [-0.39, 0.29) is 24.4 Å². The van der Waals surface area contributed by atoms with Crippen LogP contribution in [0.1, 0.15) is 35.3 Å². The number of hydrogen-bond acceptors (Lipinski definition) is 5. The zero-order valence-electron chi connectivity index (χ0n) is 19.6. The molecule has 1 saturated heterocycles. The van der Waals surface area contributed by atoms with Crippen molar-refractivity contribution in [3.05, 3.63) is 89.0 Å². The Morgan fingerprint density at radius 3 is 2.66 bits per heavy atom. The van der Waals surface area contributed by atoms with Crippen molar-refractivity contribution in [2.24, 2.45) is 5.92 Å². The summed E-state index contributed by atoms with van der Waals surface area (Å²) in [6.45, 7) is 4.72. The Morgan fingerprint density at radius 2 is 1.91 bits per heavy atom. The predicted octanol–water partition coefficient (Wildman–Crippen LogP) is 5.61. The van der Waals surface area contributed by atoms with Gasteiger partial charge in [-0.2, -0.15) is 5.26 Å². The fourth-order valence-corrected chi connectivity index (χ4v) is 4.79. The van der Waals surface area contributed by atoms with Gasteiger partial charge in [0, 0.05) is 36.7 Å². The SMILES string of the molecule is CC1=C(c2cccc(C#N)c2)[C@@H](c2ccc(OCCN3CC(CF)C3)cc2)Oc2ccc(O)cc21. The summed E-state index contributed by atoms with van der Waals surface area (Å²) in [6, 6.07) is 22.7. The summed E-state index contributed by atoms with van der Waals surface area (Å²) >= 11 is 0. The first-order valence-electron chi connectivity index (χ1n) is 11.8. The smallest absolute Gasteiger partial charge is 0.150 e. The van der Waals surface area contributed by atoms with E-state index in [4.69, 9.17) is 9.47 Å². The first-order valence-corrected chi connectivity index (χ1v) is 11.8. The van der Waals surface area contributed by atoms with Crippen LogP contribution in [0.15, 0.2) is 66.7 Å². The number of fused-ring (bicyclic) bond motifs is 1. The normalized spacial score (nSPS) is 17.8. The molecule has 2 heterocycles. The van der Waals surface area contributed by atoms with Gasteiger partial charge in [0.1, 0.15) is 30.0 Å². The van der Waals surface area contributed by atoms with Gasteiger partial charge in [0.15, 0.2) is 0 Å². The molecule has 2 aliphatic rings. The molecule has 0 radical (unpaired) electrons. The van der Waals surface area contributed by atoms with E-state index in [1.165, 1.54) is 0 Å². The molecule has 0 aliphatic carbocycles. The number of phenolic OH excluding ortho intramolecular Hbond substituents is 1. The standard InChI is InChI=1S/C29H27FN2O3/c1-19-26-14-24(33)7-10-27(26)35-29(28(19)23-4-2-3-20(13-23)16-31)22-5-8-25(9-6-22)34-12-11-32-17-21(15-30)18-32/h2-10,13-14,21,29,33H,11-12,15,17-18H2,1H3/t29-/m1/s1. The Hall–Kier alpha value is -3.82. The van der Waals surface area contributed by atoms with Gasteiger partial charge >= 0.3 is 0 Å². The Morgan fingerprint density at radius 1 is 1.11 bits per heavy atom. The van der Waals surface area contributed by atoms with E-state index in [0.29, 0.717) is 17.9 Å². The monoisotopic (exact) mass is 470 g/mol. The van der Waals surface area contributed by atoms with Gasteiger partial charge in [-0.15, -0.1) is 0 Å². The van der Waals surface area contributed by atoms with E-state index < -0.39 is 0 Å². The van der Waals surface area contributed by atoms with E-state index >= 15 is 0 Å². The Kier molecular flexibility index (Phi) is 6.43. The van der Waals surface area contributed by atoms with Gasteiger partial charge in [-0.25, -0.2) is 0 Å². The summed E-state index contributed by atoms with van der Waals surface area (Å²) < 4.78 is 24.9. The predicted molar refractivity (Wildman–Crippen MR) is 133 cm³/mol. The average Bonchev–Trinajstić information content (AvgIpc) is 2.86. The molecule has 0 spiro atoms. The average molecular weight is 471 g/mol. The van der Waals surface area contributed by atoms with Crippen molar-refractivity contribution in [1.82, 2.24) is 4.90 Å². The maximum atomic E-state index is 12.6. The lowest BCUT2D eigenvalue weighted by Gasteiger charge is -2.37. The van der Waals surface area contributed by atoms with Crippen molar-refractivity contribution in [3.8, 4) is 23.3 Å². The highest BCUT2D eigenvalue weighted by Gasteiger charge is 2.30. The third kappa shape index (κ3) is 4.73. The zero-order chi connectivity index (χ0) is 24.4. The van der Waals surface area contributed by atoms with Gasteiger partial charge in [0.05, 0.1) is 18.3 Å². The Labute approximate surface area is 204 Å². The molecule has 178 valence electrons. The maximum absolute atomic E-state index is 12.6. The van der Waals surface area contributed by atoms with E-state index in [1.807, 2.05) is 49.4 Å². The van der Waals surface area contributed by atoms with Crippen molar-refractivity contribution in [2.75, 3.05) is 32.9 Å². The van der Waals surface area contributed by atoms with Crippen LogP contribution in [0.2, 0.25) is 0 Å². The fraction of sp³-hybridized carbons (Fsp3) is 0.276. The summed E-state index contributed by atoms with van der Waals surface area (Å²) in [4.78, 5) is 2.19. The van der Waals surface area contributed by atoms with Crippen molar-refractivity contribution in [1.29, 1.82) is 5.26 Å². The number of benzene rings is 3. The summed E-state index contributed by atoms with van der Waals surface area (Å²) in [5.74, 6) is 1.83. The van der Waals surface area contributed by atoms with Crippen molar-refractivity contribution in [3.63, 3.8) is 0 Å². The second-order valence-electron chi connectivity index (χ2n) is 9.11.